The van der Waals surface area contributed by atoms with Crippen molar-refractivity contribution in [1.29, 1.82) is 0 Å². The Bertz CT molecular complexity index is 139. The van der Waals surface area contributed by atoms with Crippen LogP contribution >= 0.6 is 0 Å². The van der Waals surface area contributed by atoms with Crippen molar-refractivity contribution in [3.05, 3.63) is 12.2 Å². The van der Waals surface area contributed by atoms with Crippen LogP contribution in [0.1, 0.15) is 41.0 Å². The summed E-state index contributed by atoms with van der Waals surface area (Å²) in [4.78, 5) is 11.0. The minimum absolute atomic E-state index is 0.137. The molecule has 0 saturated heterocycles. The SMILES string of the molecule is C/C=C/CNC(=O)CC(C)C.CC. The lowest BCUT2D eigenvalue weighted by atomic mass is 10.1. The molecule has 0 spiro atoms. The largest absolute Gasteiger partial charge is 0.353 e. The molecule has 0 aromatic rings. The number of carbonyl (C=O) groups excluding carboxylic acids is 1. The Morgan fingerprint density at radius 2 is 1.92 bits per heavy atom. The molecule has 0 aliphatic carbocycles. The van der Waals surface area contributed by atoms with E-state index >= 15 is 0 Å². The number of hydrogen-bond donors (Lipinski definition) is 1. The second kappa shape index (κ2) is 11.2. The Labute approximate surface area is 82.4 Å². The van der Waals surface area contributed by atoms with Crippen molar-refractivity contribution >= 4 is 5.91 Å². The molecule has 0 saturated carbocycles. The normalized spacial score (nSPS) is 9.69. The quantitative estimate of drug-likeness (QED) is 0.670. The average Bonchev–Trinajstić information content (AvgIpc) is 2.07. The first-order valence-electron chi connectivity index (χ1n) is 5.04. The Morgan fingerprint density at radius 3 is 2.31 bits per heavy atom. The van der Waals surface area contributed by atoms with E-state index in [1.165, 1.54) is 0 Å². The molecule has 0 unspecified atom stereocenters. The van der Waals surface area contributed by atoms with Crippen LogP contribution in [0.5, 0.6) is 0 Å². The second-order valence-electron chi connectivity index (χ2n) is 2.97. The number of allylic oxidation sites excluding steroid dienone is 1. The van der Waals surface area contributed by atoms with Crippen LogP contribution in [0.25, 0.3) is 0 Å². The van der Waals surface area contributed by atoms with Gasteiger partial charge in [0, 0.05) is 13.0 Å². The lowest BCUT2D eigenvalue weighted by Crippen LogP contribution is -2.24. The molecule has 78 valence electrons. The molecule has 0 aliphatic heterocycles. The molecule has 0 heterocycles. The number of carbonyl (C=O) groups is 1. The lowest BCUT2D eigenvalue weighted by Gasteiger charge is -2.03. The summed E-state index contributed by atoms with van der Waals surface area (Å²) in [5.41, 5.74) is 0. The highest BCUT2D eigenvalue weighted by Crippen LogP contribution is 1.97. The van der Waals surface area contributed by atoms with E-state index in [9.17, 15) is 4.79 Å². The number of amides is 1. The van der Waals surface area contributed by atoms with Crippen molar-refractivity contribution in [3.63, 3.8) is 0 Å². The molecule has 1 N–H and O–H groups in total. The fourth-order valence-corrected chi connectivity index (χ4v) is 0.734. The van der Waals surface area contributed by atoms with Gasteiger partial charge in [0.2, 0.25) is 5.91 Å². The van der Waals surface area contributed by atoms with Crippen LogP contribution in [0, 0.1) is 5.92 Å². The Morgan fingerprint density at radius 1 is 1.38 bits per heavy atom. The zero-order chi connectivity index (χ0) is 10.7. The summed E-state index contributed by atoms with van der Waals surface area (Å²) in [5, 5.41) is 2.79. The third-order valence-electron chi connectivity index (χ3n) is 1.25. The maximum Gasteiger partial charge on any atom is 0.220 e. The van der Waals surface area contributed by atoms with Gasteiger partial charge in [-0.15, -0.1) is 0 Å². The monoisotopic (exact) mass is 185 g/mol. The zero-order valence-corrected chi connectivity index (χ0v) is 9.55. The highest BCUT2D eigenvalue weighted by Gasteiger charge is 2.01. The molecule has 2 heteroatoms. The van der Waals surface area contributed by atoms with Crippen molar-refractivity contribution in [2.75, 3.05) is 6.54 Å². The van der Waals surface area contributed by atoms with Crippen molar-refractivity contribution in [1.82, 2.24) is 5.32 Å². The summed E-state index contributed by atoms with van der Waals surface area (Å²) in [7, 11) is 0. The molecule has 0 rings (SSSR count). The minimum Gasteiger partial charge on any atom is -0.353 e. The van der Waals surface area contributed by atoms with E-state index in [1.54, 1.807) is 0 Å². The van der Waals surface area contributed by atoms with Gasteiger partial charge in [0.15, 0.2) is 0 Å². The van der Waals surface area contributed by atoms with Gasteiger partial charge < -0.3 is 5.32 Å². The number of nitrogens with one attached hydrogen (secondary N) is 1. The van der Waals surface area contributed by atoms with E-state index in [4.69, 9.17) is 0 Å². The first-order valence-corrected chi connectivity index (χ1v) is 5.04. The molecule has 1 amide bonds. The van der Waals surface area contributed by atoms with Crippen LogP contribution in [0.15, 0.2) is 12.2 Å². The van der Waals surface area contributed by atoms with Gasteiger partial charge in [-0.3, -0.25) is 4.79 Å². The molecular formula is C11H23NO. The van der Waals surface area contributed by atoms with E-state index < -0.39 is 0 Å². The van der Waals surface area contributed by atoms with E-state index in [0.29, 0.717) is 18.9 Å². The summed E-state index contributed by atoms with van der Waals surface area (Å²) >= 11 is 0. The number of hydrogen-bond acceptors (Lipinski definition) is 1. The van der Waals surface area contributed by atoms with Gasteiger partial charge in [0.1, 0.15) is 0 Å². The Balaban J connectivity index is 0. The molecule has 0 radical (unpaired) electrons. The van der Waals surface area contributed by atoms with E-state index in [0.717, 1.165) is 0 Å². The van der Waals surface area contributed by atoms with Crippen LogP contribution in [-0.2, 0) is 4.79 Å². The molecule has 13 heavy (non-hydrogen) atoms. The lowest BCUT2D eigenvalue weighted by molar-refractivity contribution is -0.121. The maximum absolute atomic E-state index is 11.0. The summed E-state index contributed by atoms with van der Waals surface area (Å²) in [5.74, 6) is 0.582. The second-order valence-corrected chi connectivity index (χ2v) is 2.97. The third kappa shape index (κ3) is 14.1. The van der Waals surface area contributed by atoms with Gasteiger partial charge in [-0.05, 0) is 12.8 Å². The third-order valence-corrected chi connectivity index (χ3v) is 1.25. The predicted molar refractivity (Wildman–Crippen MR) is 58.6 cm³/mol. The van der Waals surface area contributed by atoms with E-state index in [1.807, 2.05) is 46.8 Å². The van der Waals surface area contributed by atoms with Crippen LogP contribution in [0.2, 0.25) is 0 Å². The van der Waals surface area contributed by atoms with Gasteiger partial charge in [0.05, 0.1) is 0 Å². The molecule has 0 fully saturated rings. The highest BCUT2D eigenvalue weighted by molar-refractivity contribution is 5.76. The van der Waals surface area contributed by atoms with Crippen molar-refractivity contribution < 1.29 is 4.79 Å². The van der Waals surface area contributed by atoms with Crippen LogP contribution in [0.3, 0.4) is 0 Å². The van der Waals surface area contributed by atoms with Crippen LogP contribution in [-0.4, -0.2) is 12.5 Å². The molecule has 2 nitrogen and oxygen atoms in total. The topological polar surface area (TPSA) is 29.1 Å². The predicted octanol–water partition coefficient (Wildman–Crippen LogP) is 2.75. The van der Waals surface area contributed by atoms with Crippen LogP contribution in [0.4, 0.5) is 0 Å². The average molecular weight is 185 g/mol. The van der Waals surface area contributed by atoms with Gasteiger partial charge in [-0.25, -0.2) is 0 Å². The smallest absolute Gasteiger partial charge is 0.220 e. The van der Waals surface area contributed by atoms with Gasteiger partial charge in [-0.1, -0.05) is 39.8 Å². The van der Waals surface area contributed by atoms with Gasteiger partial charge in [-0.2, -0.15) is 0 Å². The molecule has 0 aromatic heterocycles. The Kier molecular flexibility index (Phi) is 12.7. The molecule has 0 atom stereocenters. The number of rotatable bonds is 4. The molecule has 0 aromatic carbocycles. The van der Waals surface area contributed by atoms with Crippen molar-refractivity contribution in [2.24, 2.45) is 5.92 Å². The molecule has 0 bridgehead atoms. The molecule has 0 aliphatic rings. The highest BCUT2D eigenvalue weighted by atomic mass is 16.1. The standard InChI is InChI=1S/C9H17NO.C2H6/c1-4-5-6-10-9(11)7-8(2)3;1-2/h4-5,8H,6-7H2,1-3H3,(H,10,11);1-2H3/b5-4+;. The summed E-state index contributed by atoms with van der Waals surface area (Å²) in [6.07, 6.45) is 4.48. The Hall–Kier alpha value is -0.790. The van der Waals surface area contributed by atoms with Gasteiger partial charge >= 0.3 is 0 Å². The van der Waals surface area contributed by atoms with Crippen LogP contribution < -0.4 is 5.32 Å². The summed E-state index contributed by atoms with van der Waals surface area (Å²) < 4.78 is 0. The maximum atomic E-state index is 11.0. The van der Waals surface area contributed by atoms with E-state index in [-0.39, 0.29) is 5.91 Å². The first kappa shape index (κ1) is 14.7. The van der Waals surface area contributed by atoms with Crippen molar-refractivity contribution in [2.45, 2.75) is 41.0 Å². The van der Waals surface area contributed by atoms with Crippen molar-refractivity contribution in [3.8, 4) is 0 Å². The fraction of sp³-hybridized carbons (Fsp3) is 0.727. The zero-order valence-electron chi connectivity index (χ0n) is 9.55. The summed E-state index contributed by atoms with van der Waals surface area (Å²) in [6, 6.07) is 0. The van der Waals surface area contributed by atoms with E-state index in [2.05, 4.69) is 5.32 Å². The first-order chi connectivity index (χ1) is 6.16. The fourth-order valence-electron chi connectivity index (χ4n) is 0.734. The van der Waals surface area contributed by atoms with Gasteiger partial charge in [0.25, 0.3) is 0 Å². The summed E-state index contributed by atoms with van der Waals surface area (Å²) in [6.45, 7) is 10.7. The molecular weight excluding hydrogens is 162 g/mol. The minimum atomic E-state index is 0.137.